The maximum Gasteiger partial charge on any atom is 0.352 e. The highest BCUT2D eigenvalue weighted by Gasteiger charge is 2.21. The summed E-state index contributed by atoms with van der Waals surface area (Å²) in [5.41, 5.74) is 3.81. The zero-order valence-corrected chi connectivity index (χ0v) is 15.3. The number of hydrogen-bond acceptors (Lipinski definition) is 3. The number of carboxylic acid groups (broad SMARTS) is 1. The van der Waals surface area contributed by atoms with E-state index in [1.54, 1.807) is 13.8 Å². The molecule has 0 atom stereocenters. The molecule has 6 heteroatoms. The van der Waals surface area contributed by atoms with Crippen molar-refractivity contribution in [3.8, 4) is 0 Å². The minimum atomic E-state index is -1.06. The van der Waals surface area contributed by atoms with Crippen LogP contribution in [0.1, 0.15) is 56.1 Å². The van der Waals surface area contributed by atoms with Crippen molar-refractivity contribution in [1.29, 1.82) is 0 Å². The van der Waals surface area contributed by atoms with Gasteiger partial charge in [-0.25, -0.2) is 4.79 Å². The third-order valence-electron chi connectivity index (χ3n) is 4.93. The summed E-state index contributed by atoms with van der Waals surface area (Å²) in [6.07, 6.45) is 2.53. The van der Waals surface area contributed by atoms with E-state index >= 15 is 0 Å². The zero-order chi connectivity index (χ0) is 18.7. The Morgan fingerprint density at radius 2 is 1.88 bits per heavy atom. The average molecular weight is 355 g/mol. The van der Waals surface area contributed by atoms with E-state index < -0.39 is 5.97 Å². The number of benzene rings is 1. The van der Waals surface area contributed by atoms with Gasteiger partial charge in [0.15, 0.2) is 0 Å². The van der Waals surface area contributed by atoms with Crippen molar-refractivity contribution in [2.24, 2.45) is 0 Å². The van der Waals surface area contributed by atoms with Crippen molar-refractivity contribution in [3.05, 3.63) is 57.9 Å². The highest BCUT2D eigenvalue weighted by molar-refractivity contribution is 6.00. The van der Waals surface area contributed by atoms with Gasteiger partial charge >= 0.3 is 5.97 Å². The number of hydrogen-bond donors (Lipinski definition) is 3. The second-order valence-electron chi connectivity index (χ2n) is 6.92. The summed E-state index contributed by atoms with van der Waals surface area (Å²) in [4.78, 5) is 28.9. The number of carbonyl (C=O) groups is 2. The number of H-pyrrole nitrogens is 1. The molecule has 1 aromatic carbocycles. The third kappa shape index (κ3) is 3.96. The van der Waals surface area contributed by atoms with Crippen molar-refractivity contribution >= 4 is 11.9 Å². The van der Waals surface area contributed by atoms with Gasteiger partial charge in [0.2, 0.25) is 0 Å². The lowest BCUT2D eigenvalue weighted by molar-refractivity contribution is 0.0690. The van der Waals surface area contributed by atoms with Crippen LogP contribution in [0.4, 0.5) is 0 Å². The molecule has 0 radical (unpaired) electrons. The van der Waals surface area contributed by atoms with Crippen LogP contribution in [-0.4, -0.2) is 40.0 Å². The first-order valence-electron chi connectivity index (χ1n) is 8.96. The van der Waals surface area contributed by atoms with Crippen LogP contribution in [0.5, 0.6) is 0 Å². The lowest BCUT2D eigenvalue weighted by Gasteiger charge is -2.15. The number of rotatable bonds is 6. The maximum absolute atomic E-state index is 12.5. The number of nitrogens with one attached hydrogen (secondary N) is 2. The summed E-state index contributed by atoms with van der Waals surface area (Å²) in [5, 5.41) is 12.1. The summed E-state index contributed by atoms with van der Waals surface area (Å²) in [7, 11) is 0. The van der Waals surface area contributed by atoms with Crippen molar-refractivity contribution < 1.29 is 14.7 Å². The Labute approximate surface area is 153 Å². The number of aromatic amines is 1. The monoisotopic (exact) mass is 355 g/mol. The van der Waals surface area contributed by atoms with Crippen LogP contribution in [0, 0.1) is 13.8 Å². The molecule has 2 heterocycles. The van der Waals surface area contributed by atoms with Gasteiger partial charge < -0.3 is 15.4 Å². The molecule has 3 rings (SSSR count). The predicted molar refractivity (Wildman–Crippen MR) is 99.3 cm³/mol. The topological polar surface area (TPSA) is 85.4 Å². The number of carboxylic acids is 1. The summed E-state index contributed by atoms with van der Waals surface area (Å²) >= 11 is 0. The van der Waals surface area contributed by atoms with Gasteiger partial charge in [-0.05, 0) is 56.5 Å². The number of amides is 1. The molecule has 138 valence electrons. The largest absolute Gasteiger partial charge is 0.477 e. The van der Waals surface area contributed by atoms with Crippen LogP contribution in [0.2, 0.25) is 0 Å². The number of likely N-dealkylation sites (tertiary alicyclic amines) is 1. The average Bonchev–Trinajstić information content (AvgIpc) is 3.21. The van der Waals surface area contributed by atoms with Crippen LogP contribution in [0.25, 0.3) is 0 Å². The molecule has 6 nitrogen and oxygen atoms in total. The van der Waals surface area contributed by atoms with Gasteiger partial charge in [0.1, 0.15) is 5.69 Å². The summed E-state index contributed by atoms with van der Waals surface area (Å²) < 4.78 is 0. The summed E-state index contributed by atoms with van der Waals surface area (Å²) in [6, 6.07) is 8.25. The second-order valence-corrected chi connectivity index (χ2v) is 6.92. The van der Waals surface area contributed by atoms with E-state index in [4.69, 9.17) is 0 Å². The molecule has 0 saturated carbocycles. The van der Waals surface area contributed by atoms with Gasteiger partial charge in [0.25, 0.3) is 5.91 Å². The van der Waals surface area contributed by atoms with Crippen molar-refractivity contribution in [3.63, 3.8) is 0 Å². The Morgan fingerprint density at radius 3 is 2.54 bits per heavy atom. The molecule has 1 fully saturated rings. The first-order valence-corrected chi connectivity index (χ1v) is 8.96. The minimum absolute atomic E-state index is 0.0697. The van der Waals surface area contributed by atoms with Gasteiger partial charge in [-0.1, -0.05) is 24.3 Å². The van der Waals surface area contributed by atoms with E-state index in [9.17, 15) is 14.7 Å². The summed E-state index contributed by atoms with van der Waals surface area (Å²) in [5.74, 6) is -1.31. The smallest absolute Gasteiger partial charge is 0.352 e. The molecule has 0 bridgehead atoms. The molecule has 3 N–H and O–H groups in total. The van der Waals surface area contributed by atoms with Gasteiger partial charge in [-0.2, -0.15) is 0 Å². The molecular formula is C20H25N3O3. The fraction of sp³-hybridized carbons (Fsp3) is 0.400. The molecule has 1 saturated heterocycles. The number of aromatic carboxylic acids is 1. The van der Waals surface area contributed by atoms with Gasteiger partial charge in [-0.3, -0.25) is 9.69 Å². The Balaban J connectivity index is 1.65. The van der Waals surface area contributed by atoms with E-state index in [1.165, 1.54) is 18.4 Å². The van der Waals surface area contributed by atoms with Crippen LogP contribution >= 0.6 is 0 Å². The SMILES string of the molecule is Cc1[nH]c(C(=O)O)c(C)c1C(=O)NCc1cccc(CN2CCCC2)c1. The Morgan fingerprint density at radius 1 is 1.19 bits per heavy atom. The number of carbonyl (C=O) groups excluding carboxylic acids is 1. The van der Waals surface area contributed by atoms with E-state index in [-0.39, 0.29) is 11.6 Å². The van der Waals surface area contributed by atoms with Gasteiger partial charge in [-0.15, -0.1) is 0 Å². The second kappa shape index (κ2) is 7.74. The fourth-order valence-electron chi connectivity index (χ4n) is 3.61. The van der Waals surface area contributed by atoms with Crippen molar-refractivity contribution in [2.45, 2.75) is 39.8 Å². The minimum Gasteiger partial charge on any atom is -0.477 e. The summed E-state index contributed by atoms with van der Waals surface area (Å²) in [6.45, 7) is 7.03. The molecule has 1 amide bonds. The van der Waals surface area contributed by atoms with E-state index in [0.717, 1.165) is 25.2 Å². The molecule has 1 aliphatic rings. The molecule has 26 heavy (non-hydrogen) atoms. The molecule has 1 aromatic heterocycles. The van der Waals surface area contributed by atoms with Crippen molar-refractivity contribution in [2.75, 3.05) is 13.1 Å². The Bertz CT molecular complexity index is 820. The Kier molecular flexibility index (Phi) is 5.42. The zero-order valence-electron chi connectivity index (χ0n) is 15.3. The molecule has 0 spiro atoms. The van der Waals surface area contributed by atoms with Crippen LogP contribution in [0.3, 0.4) is 0 Å². The van der Waals surface area contributed by atoms with Gasteiger partial charge in [0.05, 0.1) is 5.56 Å². The van der Waals surface area contributed by atoms with Gasteiger partial charge in [0, 0.05) is 18.8 Å². The standard InChI is InChI=1S/C20H25N3O3/c1-13-17(14(2)22-18(13)20(25)26)19(24)21-11-15-6-5-7-16(10-15)12-23-8-3-4-9-23/h5-7,10,22H,3-4,8-9,11-12H2,1-2H3,(H,21,24)(H,25,26). The van der Waals surface area contributed by atoms with E-state index in [2.05, 4.69) is 27.3 Å². The fourth-order valence-corrected chi connectivity index (χ4v) is 3.61. The Hall–Kier alpha value is -2.60. The van der Waals surface area contributed by atoms with E-state index in [1.807, 2.05) is 12.1 Å². The molecule has 2 aromatic rings. The lowest BCUT2D eigenvalue weighted by Crippen LogP contribution is -2.24. The van der Waals surface area contributed by atoms with E-state index in [0.29, 0.717) is 23.4 Å². The molecule has 1 aliphatic heterocycles. The molecule has 0 unspecified atom stereocenters. The maximum atomic E-state index is 12.5. The first-order chi connectivity index (χ1) is 12.5. The normalized spacial score (nSPS) is 14.5. The predicted octanol–water partition coefficient (Wildman–Crippen LogP) is 2.86. The first kappa shape index (κ1) is 18.2. The van der Waals surface area contributed by atoms with Crippen LogP contribution in [-0.2, 0) is 13.1 Å². The van der Waals surface area contributed by atoms with Crippen molar-refractivity contribution in [1.82, 2.24) is 15.2 Å². The number of aromatic nitrogens is 1. The number of nitrogens with zero attached hydrogens (tertiary/aromatic N) is 1. The quantitative estimate of drug-likeness (QED) is 0.744. The van der Waals surface area contributed by atoms with Crippen LogP contribution in [0.15, 0.2) is 24.3 Å². The van der Waals surface area contributed by atoms with Crippen LogP contribution < -0.4 is 5.32 Å². The highest BCUT2D eigenvalue weighted by atomic mass is 16.4. The highest BCUT2D eigenvalue weighted by Crippen LogP contribution is 2.18. The molecular weight excluding hydrogens is 330 g/mol. The number of aryl methyl sites for hydroxylation is 1. The third-order valence-corrected chi connectivity index (χ3v) is 4.93. The lowest BCUT2D eigenvalue weighted by atomic mass is 10.1. The molecule has 0 aliphatic carbocycles.